The molecular formula is C11H12N2. The van der Waals surface area contributed by atoms with E-state index in [2.05, 4.69) is 12.1 Å². The zero-order chi connectivity index (χ0) is 9.26. The Morgan fingerprint density at radius 1 is 1.38 bits per heavy atom. The molecule has 1 aliphatic carbocycles. The summed E-state index contributed by atoms with van der Waals surface area (Å²) in [4.78, 5) is 0. The van der Waals surface area contributed by atoms with Gasteiger partial charge in [0.1, 0.15) is 0 Å². The molecule has 1 aromatic rings. The molecule has 0 aromatic heterocycles. The molecule has 2 heteroatoms. The van der Waals surface area contributed by atoms with Gasteiger partial charge in [-0.1, -0.05) is 24.3 Å². The molecule has 2 atom stereocenters. The van der Waals surface area contributed by atoms with Crippen LogP contribution in [0.4, 0.5) is 0 Å². The van der Waals surface area contributed by atoms with Crippen molar-refractivity contribution in [2.45, 2.75) is 24.8 Å². The Kier molecular flexibility index (Phi) is 2.03. The average Bonchev–Trinajstić information content (AvgIpc) is 2.16. The molecule has 66 valence electrons. The van der Waals surface area contributed by atoms with E-state index in [0.717, 1.165) is 12.8 Å². The molecule has 0 fully saturated rings. The van der Waals surface area contributed by atoms with Crippen LogP contribution in [0.5, 0.6) is 0 Å². The average molecular weight is 172 g/mol. The maximum Gasteiger partial charge on any atom is 0.0730 e. The number of hydrogen-bond donors (Lipinski definition) is 1. The first-order chi connectivity index (χ1) is 6.31. The van der Waals surface area contributed by atoms with Gasteiger partial charge in [0.25, 0.3) is 0 Å². The highest BCUT2D eigenvalue weighted by atomic mass is 14.6. The number of nitrogens with zero attached hydrogens (tertiary/aromatic N) is 1. The van der Waals surface area contributed by atoms with Gasteiger partial charge in [0.2, 0.25) is 0 Å². The van der Waals surface area contributed by atoms with Crippen LogP contribution in [-0.2, 0) is 6.42 Å². The Morgan fingerprint density at radius 2 is 2.15 bits per heavy atom. The standard InChI is InChI=1S/C11H12N2/c12-7-9-6-10(13)5-8-3-1-2-4-11(8)9/h1-4,9-10H,5-6,13H2/t9-,10-/m1/s1. The van der Waals surface area contributed by atoms with Gasteiger partial charge < -0.3 is 5.73 Å². The minimum Gasteiger partial charge on any atom is -0.327 e. The predicted octanol–water partition coefficient (Wildman–Crippen LogP) is 1.57. The highest BCUT2D eigenvalue weighted by Gasteiger charge is 2.23. The molecule has 0 heterocycles. The van der Waals surface area contributed by atoms with Crippen molar-refractivity contribution in [1.82, 2.24) is 0 Å². The molecule has 0 aliphatic heterocycles. The molecule has 0 amide bonds. The molecule has 0 saturated heterocycles. The van der Waals surface area contributed by atoms with Gasteiger partial charge in [-0.25, -0.2) is 0 Å². The van der Waals surface area contributed by atoms with Gasteiger partial charge in [-0.3, -0.25) is 0 Å². The summed E-state index contributed by atoms with van der Waals surface area (Å²) in [5.41, 5.74) is 8.28. The van der Waals surface area contributed by atoms with E-state index in [4.69, 9.17) is 11.0 Å². The SMILES string of the molecule is N#C[C@H]1C[C@H](N)Cc2ccccc21. The lowest BCUT2D eigenvalue weighted by Crippen LogP contribution is -2.29. The monoisotopic (exact) mass is 172 g/mol. The summed E-state index contributed by atoms with van der Waals surface area (Å²) in [6, 6.07) is 10.6. The van der Waals surface area contributed by atoms with Crippen LogP contribution in [0.1, 0.15) is 23.5 Å². The first-order valence-corrected chi connectivity index (χ1v) is 4.54. The van der Waals surface area contributed by atoms with Crippen LogP contribution in [0.25, 0.3) is 0 Å². The number of benzene rings is 1. The smallest absolute Gasteiger partial charge is 0.0730 e. The van der Waals surface area contributed by atoms with E-state index in [1.807, 2.05) is 18.2 Å². The minimum absolute atomic E-state index is 0.0000463. The number of hydrogen-bond acceptors (Lipinski definition) is 2. The van der Waals surface area contributed by atoms with Crippen molar-refractivity contribution in [3.63, 3.8) is 0 Å². The molecule has 13 heavy (non-hydrogen) atoms. The van der Waals surface area contributed by atoms with E-state index in [-0.39, 0.29) is 12.0 Å². The van der Waals surface area contributed by atoms with Gasteiger partial charge in [-0.05, 0) is 24.0 Å². The van der Waals surface area contributed by atoms with Crippen LogP contribution in [0, 0.1) is 11.3 Å². The van der Waals surface area contributed by atoms with Crippen molar-refractivity contribution >= 4 is 0 Å². The van der Waals surface area contributed by atoms with Gasteiger partial charge in [0, 0.05) is 6.04 Å². The second kappa shape index (κ2) is 3.20. The summed E-state index contributed by atoms with van der Waals surface area (Å²) in [5.74, 6) is -0.0000463. The second-order valence-corrected chi connectivity index (χ2v) is 3.58. The van der Waals surface area contributed by atoms with Crippen molar-refractivity contribution in [1.29, 1.82) is 5.26 Å². The van der Waals surface area contributed by atoms with E-state index in [1.165, 1.54) is 11.1 Å². The number of nitriles is 1. The van der Waals surface area contributed by atoms with Crippen LogP contribution in [0.2, 0.25) is 0 Å². The summed E-state index contributed by atoms with van der Waals surface area (Å²) in [6.07, 6.45) is 1.71. The Hall–Kier alpha value is -1.33. The topological polar surface area (TPSA) is 49.8 Å². The van der Waals surface area contributed by atoms with Crippen LogP contribution in [-0.4, -0.2) is 6.04 Å². The third kappa shape index (κ3) is 1.43. The van der Waals surface area contributed by atoms with Crippen molar-refractivity contribution in [2.75, 3.05) is 0 Å². The first kappa shape index (κ1) is 8.28. The van der Waals surface area contributed by atoms with E-state index >= 15 is 0 Å². The first-order valence-electron chi connectivity index (χ1n) is 4.54. The third-order valence-electron chi connectivity index (χ3n) is 2.61. The van der Waals surface area contributed by atoms with Crippen molar-refractivity contribution in [3.8, 4) is 6.07 Å². The predicted molar refractivity (Wildman–Crippen MR) is 51.1 cm³/mol. The van der Waals surface area contributed by atoms with Crippen molar-refractivity contribution in [3.05, 3.63) is 35.4 Å². The Balaban J connectivity index is 2.44. The van der Waals surface area contributed by atoms with Crippen LogP contribution in [0.15, 0.2) is 24.3 Å². The normalized spacial score (nSPS) is 26.2. The lowest BCUT2D eigenvalue weighted by atomic mass is 9.81. The Morgan fingerprint density at radius 3 is 2.92 bits per heavy atom. The molecule has 0 unspecified atom stereocenters. The highest BCUT2D eigenvalue weighted by Crippen LogP contribution is 2.29. The molecule has 1 aromatic carbocycles. The highest BCUT2D eigenvalue weighted by molar-refractivity contribution is 5.37. The zero-order valence-electron chi connectivity index (χ0n) is 7.40. The van der Waals surface area contributed by atoms with Gasteiger partial charge in [0.15, 0.2) is 0 Å². The fraction of sp³-hybridized carbons (Fsp3) is 0.364. The summed E-state index contributed by atoms with van der Waals surface area (Å²) in [7, 11) is 0. The molecule has 2 rings (SSSR count). The summed E-state index contributed by atoms with van der Waals surface area (Å²) in [5, 5.41) is 8.95. The van der Waals surface area contributed by atoms with E-state index < -0.39 is 0 Å². The maximum atomic E-state index is 8.95. The Bertz CT molecular complexity index is 351. The number of rotatable bonds is 0. The van der Waals surface area contributed by atoms with Crippen molar-refractivity contribution in [2.24, 2.45) is 5.73 Å². The molecule has 0 radical (unpaired) electrons. The second-order valence-electron chi connectivity index (χ2n) is 3.58. The lowest BCUT2D eigenvalue weighted by molar-refractivity contribution is 0.544. The van der Waals surface area contributed by atoms with Gasteiger partial charge >= 0.3 is 0 Å². The van der Waals surface area contributed by atoms with Crippen molar-refractivity contribution < 1.29 is 0 Å². The fourth-order valence-corrected chi connectivity index (χ4v) is 1.98. The number of nitrogens with two attached hydrogens (primary N) is 1. The van der Waals surface area contributed by atoms with Gasteiger partial charge in [0.05, 0.1) is 12.0 Å². The van der Waals surface area contributed by atoms with Crippen LogP contribution < -0.4 is 5.73 Å². The zero-order valence-corrected chi connectivity index (χ0v) is 7.40. The van der Waals surface area contributed by atoms with E-state index in [0.29, 0.717) is 0 Å². The maximum absolute atomic E-state index is 8.95. The fourth-order valence-electron chi connectivity index (χ4n) is 1.98. The summed E-state index contributed by atoms with van der Waals surface area (Å²) >= 11 is 0. The number of fused-ring (bicyclic) bond motifs is 1. The minimum atomic E-state index is -0.0000463. The third-order valence-corrected chi connectivity index (χ3v) is 2.61. The molecule has 1 aliphatic rings. The quantitative estimate of drug-likeness (QED) is 0.645. The summed E-state index contributed by atoms with van der Waals surface area (Å²) in [6.45, 7) is 0. The largest absolute Gasteiger partial charge is 0.327 e. The molecule has 2 nitrogen and oxygen atoms in total. The van der Waals surface area contributed by atoms with E-state index in [1.54, 1.807) is 0 Å². The lowest BCUT2D eigenvalue weighted by Gasteiger charge is -2.24. The van der Waals surface area contributed by atoms with Gasteiger partial charge in [-0.15, -0.1) is 0 Å². The molecule has 0 bridgehead atoms. The molecular weight excluding hydrogens is 160 g/mol. The molecule has 2 N–H and O–H groups in total. The Labute approximate surface area is 78.0 Å². The summed E-state index contributed by atoms with van der Waals surface area (Å²) < 4.78 is 0. The van der Waals surface area contributed by atoms with Gasteiger partial charge in [-0.2, -0.15) is 5.26 Å². The molecule has 0 spiro atoms. The van der Waals surface area contributed by atoms with Crippen LogP contribution >= 0.6 is 0 Å². The van der Waals surface area contributed by atoms with Crippen LogP contribution in [0.3, 0.4) is 0 Å². The van der Waals surface area contributed by atoms with E-state index in [9.17, 15) is 0 Å². The molecule has 0 saturated carbocycles.